The summed E-state index contributed by atoms with van der Waals surface area (Å²) in [4.78, 5) is 59.1. The number of hydrogen-bond donors (Lipinski definition) is 3. The lowest BCUT2D eigenvalue weighted by molar-refractivity contribution is -0.135. The molecule has 1 unspecified atom stereocenters. The molecule has 2 amide bonds. The van der Waals surface area contributed by atoms with Crippen molar-refractivity contribution in [3.63, 3.8) is 0 Å². The van der Waals surface area contributed by atoms with Crippen LogP contribution in [0.3, 0.4) is 0 Å². The Morgan fingerprint density at radius 3 is 2.46 bits per heavy atom. The van der Waals surface area contributed by atoms with Gasteiger partial charge < -0.3 is 34.2 Å². The van der Waals surface area contributed by atoms with E-state index >= 15 is 0 Å². The lowest BCUT2D eigenvalue weighted by Gasteiger charge is -2.43. The molecule has 6 heterocycles. The summed E-state index contributed by atoms with van der Waals surface area (Å²) < 4.78 is 35.8. The third kappa shape index (κ3) is 9.29. The second kappa shape index (κ2) is 18.7. The Kier molecular flexibility index (Phi) is 12.5. The number of carbonyl (C=O) groups is 2. The van der Waals surface area contributed by atoms with Gasteiger partial charge in [-0.3, -0.25) is 29.4 Å². The molecule has 65 heavy (non-hydrogen) atoms. The smallest absolute Gasteiger partial charge is 0.420 e. The van der Waals surface area contributed by atoms with E-state index in [2.05, 4.69) is 75.6 Å². The zero-order valence-electron chi connectivity index (χ0n) is 38.0. The minimum Gasteiger partial charge on any atom is -0.494 e. The van der Waals surface area contributed by atoms with E-state index in [-0.39, 0.29) is 12.8 Å². The highest BCUT2D eigenvalue weighted by molar-refractivity contribution is 9.10. The largest absolute Gasteiger partial charge is 0.494 e. The van der Waals surface area contributed by atoms with E-state index in [0.717, 1.165) is 91.8 Å². The maximum Gasteiger partial charge on any atom is 0.420 e. The molecule has 6 aromatic rings. The highest BCUT2D eigenvalue weighted by Crippen LogP contribution is 2.42. The van der Waals surface area contributed by atoms with Gasteiger partial charge in [-0.05, 0) is 90.7 Å². The van der Waals surface area contributed by atoms with Crippen molar-refractivity contribution in [1.29, 1.82) is 0 Å². The molecular weight excluding hydrogens is 911 g/mol. The number of nitrogens with one attached hydrogen (secondary N) is 3. The van der Waals surface area contributed by atoms with Crippen LogP contribution in [0.4, 0.5) is 28.8 Å². The molecule has 3 N–H and O–H groups in total. The van der Waals surface area contributed by atoms with Crippen LogP contribution in [0, 0.1) is 0 Å². The topological polar surface area (TPSA) is 180 Å². The number of nitrogens with zero attached hydrogens (tertiary/aromatic N) is 7. The Morgan fingerprint density at radius 2 is 1.72 bits per heavy atom. The fourth-order valence-corrected chi connectivity index (χ4v) is 11.2. The van der Waals surface area contributed by atoms with Crippen molar-refractivity contribution in [3.8, 4) is 5.75 Å². The molecule has 3 fully saturated rings. The second-order valence-corrected chi connectivity index (χ2v) is 21.2. The molecule has 3 aliphatic heterocycles. The van der Waals surface area contributed by atoms with Gasteiger partial charge in [0.1, 0.15) is 24.7 Å². The van der Waals surface area contributed by atoms with Crippen molar-refractivity contribution < 1.29 is 24.7 Å². The number of amides is 2. The molecular formula is C47H54BrN10O6P. The van der Waals surface area contributed by atoms with Crippen LogP contribution < -0.4 is 36.6 Å². The van der Waals surface area contributed by atoms with Crippen molar-refractivity contribution >= 4 is 91.0 Å². The number of piperidine rings is 2. The van der Waals surface area contributed by atoms with Crippen molar-refractivity contribution in [2.75, 3.05) is 81.8 Å². The molecule has 3 aromatic carbocycles. The summed E-state index contributed by atoms with van der Waals surface area (Å²) in [6.07, 6.45) is 6.85. The van der Waals surface area contributed by atoms with Gasteiger partial charge in [0.15, 0.2) is 5.58 Å². The number of imide groups is 1. The fourth-order valence-electron chi connectivity index (χ4n) is 9.49. The molecule has 1 atom stereocenters. The molecule has 18 heteroatoms. The number of benzene rings is 3. The number of para-hydroxylation sites is 2. The number of halogens is 1. The van der Waals surface area contributed by atoms with Gasteiger partial charge in [-0.15, -0.1) is 0 Å². The van der Waals surface area contributed by atoms with Crippen molar-refractivity contribution in [2.45, 2.75) is 57.5 Å². The molecule has 9 rings (SSSR count). The third-order valence-electron chi connectivity index (χ3n) is 12.8. The molecule has 3 aliphatic rings. The Morgan fingerprint density at radius 1 is 0.938 bits per heavy atom. The maximum atomic E-state index is 13.6. The summed E-state index contributed by atoms with van der Waals surface area (Å²) in [5, 5.41) is 10.5. The van der Waals surface area contributed by atoms with E-state index in [0.29, 0.717) is 56.5 Å². The Labute approximate surface area is 387 Å². The number of aromatic nitrogens is 4. The Hall–Kier alpha value is -5.61. The molecule has 0 saturated carbocycles. The number of methoxy groups -OCH3 is 1. The number of oxazole rings is 1. The van der Waals surface area contributed by atoms with Gasteiger partial charge >= 0.3 is 5.76 Å². The number of hydrogen-bond acceptors (Lipinski definition) is 14. The van der Waals surface area contributed by atoms with Gasteiger partial charge in [0.25, 0.3) is 0 Å². The van der Waals surface area contributed by atoms with E-state index in [9.17, 15) is 18.9 Å². The standard InChI is InChI=1S/C47H54BrN10O6P/c1-5-29-25-35(52-46-50-27-33(48)44(54-46)51-36-28-49-34-11-7-6-10-32(34)43(36)65(3,4)62)40(63-2)26-39(29)57-19-16-31(17-20-57)56-23-21-55(22-24-56)18-15-30-9-8-12-37-42(30)64-47(61)58(37)38-13-14-41(59)53-45(38)60/h6-12,25-28,31,38H,5,13-24H2,1-4H3,(H,53,59,60)(H2,50,51,52,54)/i38D. The number of pyridine rings is 1. The van der Waals surface area contributed by atoms with Crippen molar-refractivity contribution in [2.24, 2.45) is 0 Å². The molecule has 3 aromatic heterocycles. The molecule has 0 bridgehead atoms. The summed E-state index contributed by atoms with van der Waals surface area (Å²) in [5.41, 5.74) is 6.14. The molecule has 0 radical (unpaired) electrons. The quantitative estimate of drug-likeness (QED) is 0.0812. The van der Waals surface area contributed by atoms with Crippen molar-refractivity contribution in [1.82, 2.24) is 34.6 Å². The van der Waals surface area contributed by atoms with Crippen molar-refractivity contribution in [3.05, 3.63) is 93.1 Å². The fraction of sp³-hybridized carbons (Fsp3) is 0.404. The number of aryl methyl sites for hydroxylation is 1. The van der Waals surface area contributed by atoms with Crippen LogP contribution in [-0.2, 0) is 27.0 Å². The zero-order valence-corrected chi connectivity index (χ0v) is 39.5. The van der Waals surface area contributed by atoms with Crippen LogP contribution in [0.15, 0.2) is 80.7 Å². The van der Waals surface area contributed by atoms with Crippen LogP contribution in [0.25, 0.3) is 22.0 Å². The van der Waals surface area contributed by atoms with Gasteiger partial charge in [0.2, 0.25) is 17.8 Å². The summed E-state index contributed by atoms with van der Waals surface area (Å²) in [6, 6.07) is 15.9. The van der Waals surface area contributed by atoms with E-state index in [1.165, 1.54) is 11.3 Å². The average Bonchev–Trinajstić information content (AvgIpc) is 3.67. The Bertz CT molecular complexity index is 2940. The first-order valence-electron chi connectivity index (χ1n) is 22.6. The van der Waals surface area contributed by atoms with E-state index in [4.69, 9.17) is 15.5 Å². The normalized spacial score (nSPS) is 19.4. The monoisotopic (exact) mass is 965 g/mol. The molecule has 0 spiro atoms. The van der Waals surface area contributed by atoms with E-state index in [1.54, 1.807) is 38.9 Å². The molecule has 340 valence electrons. The van der Waals surface area contributed by atoms with Crippen LogP contribution in [-0.4, -0.2) is 113 Å². The minimum absolute atomic E-state index is 0.0219. The number of piperazine rings is 1. The predicted octanol–water partition coefficient (Wildman–Crippen LogP) is 6.81. The Balaban J connectivity index is 0.815. The van der Waals surface area contributed by atoms with Gasteiger partial charge in [0.05, 0.1) is 41.6 Å². The molecule has 16 nitrogen and oxygen atoms in total. The number of carbonyl (C=O) groups excluding carboxylic acids is 2. The SMILES string of the molecule is [2H]C1(n2c(=O)oc3c(CCN4CCN(C5CCN(c6cc(OC)c(Nc7ncc(Br)c(Nc8cnc9ccccc9c8P(C)(C)=O)n7)cc6CC)CC5)CC4)cccc32)CCC(=O)NC1=O. The molecule has 0 aliphatic carbocycles. The highest BCUT2D eigenvalue weighted by atomic mass is 79.9. The zero-order chi connectivity index (χ0) is 46.3. The van der Waals surface area contributed by atoms with Crippen LogP contribution in [0.1, 0.15) is 51.1 Å². The van der Waals surface area contributed by atoms with Gasteiger partial charge in [-0.1, -0.05) is 37.3 Å². The first-order chi connectivity index (χ1) is 31.7. The van der Waals surface area contributed by atoms with Gasteiger partial charge in [0, 0.05) is 86.9 Å². The maximum absolute atomic E-state index is 13.6. The summed E-state index contributed by atoms with van der Waals surface area (Å²) in [7, 11) is -1.05. The first-order valence-corrected chi connectivity index (χ1v) is 25.5. The third-order valence-corrected chi connectivity index (χ3v) is 14.9. The number of ether oxygens (including phenoxy) is 1. The summed E-state index contributed by atoms with van der Waals surface area (Å²) in [5.74, 6) is -0.477. The highest BCUT2D eigenvalue weighted by Gasteiger charge is 2.33. The molecule has 3 saturated heterocycles. The first kappa shape index (κ1) is 43.3. The number of rotatable bonds is 13. The predicted molar refractivity (Wildman–Crippen MR) is 258 cm³/mol. The lowest BCUT2D eigenvalue weighted by Crippen LogP contribution is -2.53. The number of anilines is 5. The van der Waals surface area contributed by atoms with Crippen LogP contribution in [0.2, 0.25) is 0 Å². The van der Waals surface area contributed by atoms with Gasteiger partial charge in [-0.25, -0.2) is 9.78 Å². The minimum atomic E-state index is -2.72. The van der Waals surface area contributed by atoms with Gasteiger partial charge in [-0.2, -0.15) is 4.98 Å². The van der Waals surface area contributed by atoms with E-state index < -0.39 is 30.7 Å². The van der Waals surface area contributed by atoms with E-state index in [1.807, 2.05) is 36.4 Å². The number of fused-ring (bicyclic) bond motifs is 2. The van der Waals surface area contributed by atoms with Crippen LogP contribution >= 0.6 is 23.1 Å². The second-order valence-electron chi connectivity index (χ2n) is 17.2. The van der Waals surface area contributed by atoms with Crippen LogP contribution in [0.5, 0.6) is 5.75 Å². The summed E-state index contributed by atoms with van der Waals surface area (Å²) in [6.45, 7) is 12.1. The summed E-state index contributed by atoms with van der Waals surface area (Å²) >= 11 is 3.60. The average molecular weight is 967 g/mol. The lowest BCUT2D eigenvalue weighted by atomic mass is 9.99.